The molecule has 4 atom stereocenters. The van der Waals surface area contributed by atoms with Crippen LogP contribution in [0.4, 0.5) is 0 Å². The van der Waals surface area contributed by atoms with Gasteiger partial charge in [0.25, 0.3) is 0 Å². The second-order valence-electron chi connectivity index (χ2n) is 12.0. The molecule has 5 heteroatoms. The van der Waals surface area contributed by atoms with Crippen molar-refractivity contribution in [1.82, 2.24) is 10.6 Å². The van der Waals surface area contributed by atoms with Crippen LogP contribution < -0.4 is 10.6 Å². The number of carbonyl (C=O) groups is 1. The molecule has 0 saturated heterocycles. The molecule has 3 aliphatic rings. The van der Waals surface area contributed by atoms with Gasteiger partial charge < -0.3 is 20.2 Å². The van der Waals surface area contributed by atoms with Crippen LogP contribution in [-0.2, 0) is 11.3 Å². The molecule has 32 heavy (non-hydrogen) atoms. The number of furan rings is 1. The van der Waals surface area contributed by atoms with Gasteiger partial charge in [-0.15, -0.1) is 0 Å². The van der Waals surface area contributed by atoms with Crippen molar-refractivity contribution >= 4 is 5.91 Å². The van der Waals surface area contributed by atoms with Crippen molar-refractivity contribution in [2.24, 2.45) is 22.7 Å². The fourth-order valence-corrected chi connectivity index (χ4v) is 7.25. The Morgan fingerprint density at radius 1 is 1.16 bits per heavy atom. The third kappa shape index (κ3) is 5.25. The first-order chi connectivity index (χ1) is 15.2. The van der Waals surface area contributed by atoms with Crippen molar-refractivity contribution < 1.29 is 14.3 Å². The summed E-state index contributed by atoms with van der Waals surface area (Å²) in [5.74, 6) is 2.12. The molecule has 3 fully saturated rings. The molecule has 5 nitrogen and oxygen atoms in total. The van der Waals surface area contributed by atoms with Crippen molar-refractivity contribution in [2.75, 3.05) is 6.54 Å². The van der Waals surface area contributed by atoms with Gasteiger partial charge in [0.1, 0.15) is 5.76 Å². The summed E-state index contributed by atoms with van der Waals surface area (Å²) in [5.41, 5.74) is -0.340. The number of rotatable bonds is 8. The highest BCUT2D eigenvalue weighted by Gasteiger charge is 2.61. The number of hydrogen-bond donors (Lipinski definition) is 3. The first kappa shape index (κ1) is 23.8. The quantitative estimate of drug-likeness (QED) is 0.516. The Labute approximate surface area is 194 Å². The van der Waals surface area contributed by atoms with E-state index in [9.17, 15) is 9.90 Å². The molecular weight excluding hydrogens is 400 g/mol. The van der Waals surface area contributed by atoms with E-state index in [2.05, 4.69) is 24.5 Å². The Morgan fingerprint density at radius 3 is 2.66 bits per heavy atom. The zero-order valence-electron chi connectivity index (χ0n) is 20.4. The van der Waals surface area contributed by atoms with Gasteiger partial charge in [-0.2, -0.15) is 0 Å². The second-order valence-corrected chi connectivity index (χ2v) is 12.0. The molecule has 1 amide bonds. The number of amides is 1. The van der Waals surface area contributed by atoms with E-state index in [4.69, 9.17) is 4.42 Å². The molecule has 0 aromatic carbocycles. The summed E-state index contributed by atoms with van der Waals surface area (Å²) in [6.07, 6.45) is 13.7. The van der Waals surface area contributed by atoms with Crippen LogP contribution in [-0.4, -0.2) is 29.2 Å². The van der Waals surface area contributed by atoms with Gasteiger partial charge in [0.2, 0.25) is 5.91 Å². The zero-order chi connectivity index (χ0) is 22.8. The van der Waals surface area contributed by atoms with E-state index in [1.165, 1.54) is 32.1 Å². The highest BCUT2D eigenvalue weighted by atomic mass is 16.3. The van der Waals surface area contributed by atoms with Gasteiger partial charge in [-0.1, -0.05) is 33.1 Å². The van der Waals surface area contributed by atoms with E-state index in [1.54, 1.807) is 6.26 Å². The standard InChI is InChI=1S/C27H44N2O3/c1-25(2)17-23(28-18-20-8-5-4-6-9-20)27(14-13-26(3,31)16-22(25)27)12-11-24(30)29-19-21-10-7-15-32-21/h7,10,15,20,22-23,28,31H,4-6,8-9,11-14,16-19H2,1-3H3,(H,29,30). The molecule has 180 valence electrons. The highest BCUT2D eigenvalue weighted by Crippen LogP contribution is 2.63. The lowest BCUT2D eigenvalue weighted by Gasteiger charge is -2.51. The van der Waals surface area contributed by atoms with Gasteiger partial charge in [-0.3, -0.25) is 4.79 Å². The van der Waals surface area contributed by atoms with E-state index < -0.39 is 5.60 Å². The van der Waals surface area contributed by atoms with Gasteiger partial charge in [0.05, 0.1) is 18.4 Å². The van der Waals surface area contributed by atoms with Gasteiger partial charge in [-0.05, 0) is 93.2 Å². The maximum absolute atomic E-state index is 12.7. The summed E-state index contributed by atoms with van der Waals surface area (Å²) >= 11 is 0. The average molecular weight is 445 g/mol. The molecule has 4 rings (SSSR count). The Morgan fingerprint density at radius 2 is 1.94 bits per heavy atom. The predicted octanol–water partition coefficient (Wildman–Crippen LogP) is 5.18. The minimum absolute atomic E-state index is 0.0857. The first-order valence-electron chi connectivity index (χ1n) is 13.0. The van der Waals surface area contributed by atoms with Gasteiger partial charge in [0, 0.05) is 12.5 Å². The molecule has 4 unspecified atom stereocenters. The van der Waals surface area contributed by atoms with Crippen LogP contribution in [0.2, 0.25) is 0 Å². The number of fused-ring (bicyclic) bond motifs is 1. The van der Waals surface area contributed by atoms with Gasteiger partial charge >= 0.3 is 0 Å². The normalized spacial score (nSPS) is 34.9. The maximum atomic E-state index is 12.7. The fraction of sp³-hybridized carbons (Fsp3) is 0.815. The average Bonchev–Trinajstić information content (AvgIpc) is 3.35. The van der Waals surface area contributed by atoms with Crippen molar-refractivity contribution in [1.29, 1.82) is 0 Å². The lowest BCUT2D eigenvalue weighted by molar-refractivity contribution is -0.123. The molecule has 3 saturated carbocycles. The SMILES string of the molecule is CC1(O)CCC2(CCC(=O)NCc3ccco3)C(NCC3CCCCC3)CC(C)(C)C2C1. The number of nitrogens with one attached hydrogen (secondary N) is 2. The third-order valence-corrected chi connectivity index (χ3v) is 9.07. The molecule has 0 radical (unpaired) electrons. The van der Waals surface area contributed by atoms with Crippen molar-refractivity contribution in [3.05, 3.63) is 24.2 Å². The number of aliphatic hydroxyl groups is 1. The number of carbonyl (C=O) groups excluding carboxylic acids is 1. The second kappa shape index (κ2) is 9.50. The third-order valence-electron chi connectivity index (χ3n) is 9.07. The van der Waals surface area contributed by atoms with E-state index in [0.29, 0.717) is 24.9 Å². The van der Waals surface area contributed by atoms with Crippen LogP contribution in [0.3, 0.4) is 0 Å². The van der Waals surface area contributed by atoms with Gasteiger partial charge in [-0.25, -0.2) is 0 Å². The van der Waals surface area contributed by atoms with Crippen LogP contribution >= 0.6 is 0 Å². The minimum Gasteiger partial charge on any atom is -0.467 e. The topological polar surface area (TPSA) is 74.5 Å². The molecular formula is C27H44N2O3. The molecule has 1 aromatic rings. The van der Waals surface area contributed by atoms with Crippen LogP contribution in [0.25, 0.3) is 0 Å². The summed E-state index contributed by atoms with van der Waals surface area (Å²) in [6, 6.07) is 4.17. The summed E-state index contributed by atoms with van der Waals surface area (Å²) in [4.78, 5) is 12.7. The fourth-order valence-electron chi connectivity index (χ4n) is 7.25. The number of hydrogen-bond acceptors (Lipinski definition) is 4. The molecule has 3 aliphatic carbocycles. The lowest BCUT2D eigenvalue weighted by atomic mass is 9.57. The summed E-state index contributed by atoms with van der Waals surface area (Å²) in [5, 5.41) is 18.0. The van der Waals surface area contributed by atoms with Crippen LogP contribution in [0.15, 0.2) is 22.8 Å². The predicted molar refractivity (Wildman–Crippen MR) is 127 cm³/mol. The highest BCUT2D eigenvalue weighted by molar-refractivity contribution is 5.75. The molecule has 1 aromatic heterocycles. The van der Waals surface area contributed by atoms with Crippen molar-refractivity contribution in [3.63, 3.8) is 0 Å². The summed E-state index contributed by atoms with van der Waals surface area (Å²) in [6.45, 7) is 8.33. The molecule has 0 spiro atoms. The minimum atomic E-state index is -0.592. The van der Waals surface area contributed by atoms with Crippen molar-refractivity contribution in [2.45, 2.75) is 110 Å². The van der Waals surface area contributed by atoms with Gasteiger partial charge in [0.15, 0.2) is 0 Å². The van der Waals surface area contributed by atoms with E-state index in [-0.39, 0.29) is 16.7 Å². The van der Waals surface area contributed by atoms with E-state index >= 15 is 0 Å². The summed E-state index contributed by atoms with van der Waals surface area (Å²) < 4.78 is 5.35. The van der Waals surface area contributed by atoms with Crippen LogP contribution in [0.1, 0.15) is 97.2 Å². The zero-order valence-corrected chi connectivity index (χ0v) is 20.4. The van der Waals surface area contributed by atoms with Crippen LogP contribution in [0.5, 0.6) is 0 Å². The van der Waals surface area contributed by atoms with Crippen molar-refractivity contribution in [3.8, 4) is 0 Å². The molecule has 1 heterocycles. The molecule has 3 N–H and O–H groups in total. The van der Waals surface area contributed by atoms with Crippen LogP contribution in [0, 0.1) is 22.7 Å². The Bertz CT molecular complexity index is 751. The lowest BCUT2D eigenvalue weighted by Crippen LogP contribution is -2.52. The monoisotopic (exact) mass is 444 g/mol. The Balaban J connectivity index is 1.45. The van der Waals surface area contributed by atoms with E-state index in [1.807, 2.05) is 19.1 Å². The first-order valence-corrected chi connectivity index (χ1v) is 13.0. The molecule has 0 bridgehead atoms. The van der Waals surface area contributed by atoms with E-state index in [0.717, 1.165) is 50.3 Å². The molecule has 0 aliphatic heterocycles. The Kier molecular flexibility index (Phi) is 7.07. The maximum Gasteiger partial charge on any atom is 0.220 e. The Hall–Kier alpha value is -1.33. The summed E-state index contributed by atoms with van der Waals surface area (Å²) in [7, 11) is 0. The largest absolute Gasteiger partial charge is 0.467 e. The smallest absolute Gasteiger partial charge is 0.220 e.